The summed E-state index contributed by atoms with van der Waals surface area (Å²) in [5, 5.41) is 10.8. The van der Waals surface area contributed by atoms with Gasteiger partial charge in [-0.3, -0.25) is 0 Å². The summed E-state index contributed by atoms with van der Waals surface area (Å²) >= 11 is 11.8. The number of halogens is 2. The molecule has 0 unspecified atom stereocenters. The molecule has 0 aliphatic rings. The summed E-state index contributed by atoms with van der Waals surface area (Å²) in [7, 11) is 0. The van der Waals surface area contributed by atoms with Crippen LogP contribution in [-0.2, 0) is 4.79 Å². The summed E-state index contributed by atoms with van der Waals surface area (Å²) in [6, 6.07) is 4.91. The van der Waals surface area contributed by atoms with E-state index in [0.29, 0.717) is 15.6 Å². The highest BCUT2D eigenvalue weighted by molar-refractivity contribution is 6.35. The molecule has 1 aromatic carbocycles. The van der Waals surface area contributed by atoms with Crippen LogP contribution in [0, 0.1) is 5.92 Å². The fraction of sp³-hybridized carbons (Fsp3) is 0.417. The highest BCUT2D eigenvalue weighted by Gasteiger charge is 2.25. The van der Waals surface area contributed by atoms with Gasteiger partial charge in [-0.15, -0.1) is 0 Å². The largest absolute Gasteiger partial charge is 0.392 e. The van der Waals surface area contributed by atoms with Crippen LogP contribution in [-0.4, -0.2) is 17.5 Å². The fourth-order valence-electron chi connectivity index (χ4n) is 1.52. The molecule has 0 fully saturated rings. The zero-order chi connectivity index (χ0) is 12.3. The van der Waals surface area contributed by atoms with Gasteiger partial charge in [0.05, 0.1) is 12.0 Å². The molecule has 1 N–H and O–H groups in total. The molecular formula is C12H14Cl2O2. The van der Waals surface area contributed by atoms with Gasteiger partial charge in [-0.25, -0.2) is 0 Å². The third-order valence-corrected chi connectivity index (χ3v) is 3.08. The number of aldehydes is 1. The quantitative estimate of drug-likeness (QED) is 0.844. The van der Waals surface area contributed by atoms with Crippen molar-refractivity contribution in [1.29, 1.82) is 0 Å². The predicted molar refractivity (Wildman–Crippen MR) is 66.1 cm³/mol. The van der Waals surface area contributed by atoms with Crippen LogP contribution in [0.4, 0.5) is 0 Å². The molecule has 0 aliphatic heterocycles. The molecule has 0 aromatic heterocycles. The van der Waals surface area contributed by atoms with Gasteiger partial charge in [0.1, 0.15) is 6.29 Å². The standard InChI is InChI=1S/C12H14Cl2O2/c1-7(2)12(16)10(6-15)9-4-3-8(13)5-11(9)14/h3-7,10,12,16H,1-2H3/t10-,12-/m1/s1. The maximum atomic E-state index is 11.0. The molecule has 0 aliphatic carbocycles. The second-order valence-electron chi connectivity index (χ2n) is 4.06. The third-order valence-electron chi connectivity index (χ3n) is 2.52. The van der Waals surface area contributed by atoms with E-state index in [2.05, 4.69) is 0 Å². The van der Waals surface area contributed by atoms with Crippen molar-refractivity contribution < 1.29 is 9.90 Å². The summed E-state index contributed by atoms with van der Waals surface area (Å²) in [5.41, 5.74) is 0.613. The monoisotopic (exact) mass is 260 g/mol. The first-order chi connectivity index (χ1) is 7.47. The van der Waals surface area contributed by atoms with Gasteiger partial charge in [0.25, 0.3) is 0 Å². The van der Waals surface area contributed by atoms with Gasteiger partial charge in [-0.1, -0.05) is 43.1 Å². The molecule has 2 nitrogen and oxygen atoms in total. The molecule has 0 saturated carbocycles. The van der Waals surface area contributed by atoms with E-state index in [-0.39, 0.29) is 5.92 Å². The lowest BCUT2D eigenvalue weighted by Crippen LogP contribution is -2.25. The van der Waals surface area contributed by atoms with Gasteiger partial charge in [-0.2, -0.15) is 0 Å². The highest BCUT2D eigenvalue weighted by atomic mass is 35.5. The van der Waals surface area contributed by atoms with Gasteiger partial charge in [0.15, 0.2) is 0 Å². The highest BCUT2D eigenvalue weighted by Crippen LogP contribution is 2.30. The molecule has 0 saturated heterocycles. The van der Waals surface area contributed by atoms with E-state index in [1.165, 1.54) is 0 Å². The summed E-state index contributed by atoms with van der Waals surface area (Å²) in [5.74, 6) is -0.619. The Morgan fingerprint density at radius 3 is 2.38 bits per heavy atom. The van der Waals surface area contributed by atoms with Gasteiger partial charge in [-0.05, 0) is 23.6 Å². The molecular weight excluding hydrogens is 247 g/mol. The normalized spacial score (nSPS) is 14.9. The molecule has 1 aromatic rings. The number of rotatable bonds is 4. The Morgan fingerprint density at radius 2 is 1.94 bits per heavy atom. The van der Waals surface area contributed by atoms with Gasteiger partial charge >= 0.3 is 0 Å². The van der Waals surface area contributed by atoms with E-state index in [1.807, 2.05) is 13.8 Å². The molecule has 1 rings (SSSR count). The lowest BCUT2D eigenvalue weighted by Gasteiger charge is -2.22. The van der Waals surface area contributed by atoms with Crippen LogP contribution in [0.1, 0.15) is 25.3 Å². The lowest BCUT2D eigenvalue weighted by molar-refractivity contribution is -0.111. The predicted octanol–water partition coefficient (Wildman–Crippen LogP) is 3.29. The van der Waals surface area contributed by atoms with Crippen LogP contribution in [0.5, 0.6) is 0 Å². The van der Waals surface area contributed by atoms with Crippen molar-refractivity contribution in [3.8, 4) is 0 Å². The number of carbonyl (C=O) groups is 1. The van der Waals surface area contributed by atoms with E-state index in [0.717, 1.165) is 6.29 Å². The molecule has 88 valence electrons. The molecule has 4 heteroatoms. The van der Waals surface area contributed by atoms with Crippen molar-refractivity contribution in [2.24, 2.45) is 5.92 Å². The van der Waals surface area contributed by atoms with Gasteiger partial charge in [0, 0.05) is 10.0 Å². The zero-order valence-electron chi connectivity index (χ0n) is 9.15. The number of carbonyl (C=O) groups excluding carboxylic acids is 1. The number of hydrogen-bond acceptors (Lipinski definition) is 2. The van der Waals surface area contributed by atoms with Crippen molar-refractivity contribution in [1.82, 2.24) is 0 Å². The Kier molecular flexibility index (Phi) is 4.78. The number of aliphatic hydroxyl groups excluding tert-OH is 1. The Labute approximate surface area is 105 Å². The zero-order valence-corrected chi connectivity index (χ0v) is 10.7. The van der Waals surface area contributed by atoms with Crippen LogP contribution in [0.25, 0.3) is 0 Å². The SMILES string of the molecule is CC(C)[C@@H](O)[C@H](C=O)c1ccc(Cl)cc1Cl. The Morgan fingerprint density at radius 1 is 1.31 bits per heavy atom. The fourth-order valence-corrected chi connectivity index (χ4v) is 2.06. The van der Waals surface area contributed by atoms with Crippen molar-refractivity contribution in [2.45, 2.75) is 25.9 Å². The van der Waals surface area contributed by atoms with Crippen molar-refractivity contribution in [2.75, 3.05) is 0 Å². The summed E-state index contributed by atoms with van der Waals surface area (Å²) in [6.07, 6.45) is -0.0176. The smallest absolute Gasteiger partial charge is 0.130 e. The Hall–Kier alpha value is -0.570. The van der Waals surface area contributed by atoms with Gasteiger partial charge in [0.2, 0.25) is 0 Å². The topological polar surface area (TPSA) is 37.3 Å². The molecule has 0 spiro atoms. The van der Waals surface area contributed by atoms with Crippen LogP contribution in [0.3, 0.4) is 0 Å². The second kappa shape index (κ2) is 5.67. The summed E-state index contributed by atoms with van der Waals surface area (Å²) in [4.78, 5) is 11.0. The first-order valence-corrected chi connectivity index (χ1v) is 5.81. The van der Waals surface area contributed by atoms with Crippen LogP contribution < -0.4 is 0 Å². The summed E-state index contributed by atoms with van der Waals surface area (Å²) < 4.78 is 0. The van der Waals surface area contributed by atoms with Crippen LogP contribution in [0.15, 0.2) is 18.2 Å². The summed E-state index contributed by atoms with van der Waals surface area (Å²) in [6.45, 7) is 3.70. The average Bonchev–Trinajstić information content (AvgIpc) is 2.21. The maximum absolute atomic E-state index is 11.0. The number of aliphatic hydroxyl groups is 1. The maximum Gasteiger partial charge on any atom is 0.130 e. The minimum Gasteiger partial charge on any atom is -0.392 e. The van der Waals surface area contributed by atoms with E-state index in [4.69, 9.17) is 23.2 Å². The van der Waals surface area contributed by atoms with Crippen LogP contribution >= 0.6 is 23.2 Å². The minimum absolute atomic E-state index is 0.0121. The number of hydrogen-bond donors (Lipinski definition) is 1. The lowest BCUT2D eigenvalue weighted by atomic mass is 9.88. The Balaban J connectivity index is 3.08. The van der Waals surface area contributed by atoms with E-state index in [9.17, 15) is 9.90 Å². The minimum atomic E-state index is -0.740. The van der Waals surface area contributed by atoms with Crippen molar-refractivity contribution >= 4 is 29.5 Å². The van der Waals surface area contributed by atoms with E-state index in [1.54, 1.807) is 18.2 Å². The first-order valence-electron chi connectivity index (χ1n) is 5.05. The average molecular weight is 261 g/mol. The molecule has 0 bridgehead atoms. The molecule has 0 amide bonds. The third kappa shape index (κ3) is 2.97. The second-order valence-corrected chi connectivity index (χ2v) is 4.91. The first kappa shape index (κ1) is 13.5. The molecule has 2 atom stereocenters. The molecule has 16 heavy (non-hydrogen) atoms. The number of benzene rings is 1. The molecule has 0 radical (unpaired) electrons. The van der Waals surface area contributed by atoms with Crippen molar-refractivity contribution in [3.05, 3.63) is 33.8 Å². The van der Waals surface area contributed by atoms with Crippen LogP contribution in [0.2, 0.25) is 10.0 Å². The van der Waals surface area contributed by atoms with Gasteiger partial charge < -0.3 is 9.90 Å². The van der Waals surface area contributed by atoms with Crippen molar-refractivity contribution in [3.63, 3.8) is 0 Å². The molecule has 0 heterocycles. The Bertz CT molecular complexity index is 377. The van der Waals surface area contributed by atoms with E-state index >= 15 is 0 Å². The van der Waals surface area contributed by atoms with E-state index < -0.39 is 12.0 Å².